The van der Waals surface area contributed by atoms with Gasteiger partial charge in [0.2, 0.25) is 0 Å². The Balaban J connectivity index is 2.20. The Morgan fingerprint density at radius 1 is 1.19 bits per heavy atom. The summed E-state index contributed by atoms with van der Waals surface area (Å²) in [6.07, 6.45) is 0. The van der Waals surface area contributed by atoms with Crippen LogP contribution in [0.5, 0.6) is 0 Å². The molecule has 0 atom stereocenters. The summed E-state index contributed by atoms with van der Waals surface area (Å²) in [4.78, 5) is 14.2. The molecule has 2 rings (SSSR count). The predicted octanol–water partition coefficient (Wildman–Crippen LogP) is 2.67. The molecule has 0 aliphatic rings. The van der Waals surface area contributed by atoms with Crippen LogP contribution in [0.1, 0.15) is 15.9 Å². The van der Waals surface area contributed by atoms with Crippen LogP contribution >= 0.6 is 15.9 Å². The number of rotatable bonds is 5. The van der Waals surface area contributed by atoms with Gasteiger partial charge < -0.3 is 15.7 Å². The number of aliphatic hydroxyl groups is 1. The third kappa shape index (κ3) is 4.06. The molecule has 0 aromatic heterocycles. The Morgan fingerprint density at radius 2 is 1.90 bits per heavy atom. The molecule has 0 spiro atoms. The van der Waals surface area contributed by atoms with Crippen molar-refractivity contribution in [1.29, 1.82) is 0 Å². The molecule has 0 bridgehead atoms. The molecule has 0 aliphatic heterocycles. The lowest BCUT2D eigenvalue weighted by Crippen LogP contribution is -2.33. The Bertz CT molecular complexity index is 617. The zero-order valence-electron chi connectivity index (χ0n) is 11.5. The minimum atomic E-state index is -0.146. The average Bonchev–Trinajstić information content (AvgIpc) is 2.50. The monoisotopic (exact) mass is 348 g/mol. The van der Waals surface area contributed by atoms with Gasteiger partial charge in [0.05, 0.1) is 6.61 Å². The summed E-state index contributed by atoms with van der Waals surface area (Å²) in [6, 6.07) is 14.8. The van der Waals surface area contributed by atoms with E-state index in [4.69, 9.17) is 5.73 Å². The normalized spacial score (nSPS) is 10.4. The number of anilines is 1. The molecule has 0 saturated carbocycles. The molecule has 21 heavy (non-hydrogen) atoms. The van der Waals surface area contributed by atoms with Gasteiger partial charge in [0.25, 0.3) is 5.91 Å². The van der Waals surface area contributed by atoms with Crippen molar-refractivity contribution in [2.24, 2.45) is 0 Å². The summed E-state index contributed by atoms with van der Waals surface area (Å²) in [6.45, 7) is 0.657. The smallest absolute Gasteiger partial charge is 0.254 e. The quantitative estimate of drug-likeness (QED) is 0.816. The number of nitrogens with zero attached hydrogens (tertiary/aromatic N) is 1. The number of hydrogen-bond donors (Lipinski definition) is 2. The van der Waals surface area contributed by atoms with Gasteiger partial charge in [0.15, 0.2) is 0 Å². The first-order valence-electron chi connectivity index (χ1n) is 6.61. The predicted molar refractivity (Wildman–Crippen MR) is 86.8 cm³/mol. The number of nitrogens with two attached hydrogens (primary N) is 1. The van der Waals surface area contributed by atoms with Crippen molar-refractivity contribution in [3.8, 4) is 0 Å². The van der Waals surface area contributed by atoms with E-state index >= 15 is 0 Å². The van der Waals surface area contributed by atoms with E-state index < -0.39 is 0 Å². The van der Waals surface area contributed by atoms with E-state index in [1.165, 1.54) is 0 Å². The van der Waals surface area contributed by atoms with Crippen molar-refractivity contribution in [3.05, 3.63) is 64.1 Å². The van der Waals surface area contributed by atoms with Crippen molar-refractivity contribution in [1.82, 2.24) is 4.90 Å². The third-order valence-electron chi connectivity index (χ3n) is 3.12. The average molecular weight is 349 g/mol. The van der Waals surface area contributed by atoms with Gasteiger partial charge in [-0.15, -0.1) is 0 Å². The zero-order chi connectivity index (χ0) is 15.2. The largest absolute Gasteiger partial charge is 0.398 e. The van der Waals surface area contributed by atoms with Crippen LogP contribution in [0.25, 0.3) is 0 Å². The number of nitrogen functional groups attached to an aromatic ring is 1. The van der Waals surface area contributed by atoms with Crippen molar-refractivity contribution >= 4 is 27.5 Å². The van der Waals surface area contributed by atoms with Crippen LogP contribution in [0.3, 0.4) is 0 Å². The van der Waals surface area contributed by atoms with Gasteiger partial charge >= 0.3 is 0 Å². The molecular formula is C16H17BrN2O2. The fourth-order valence-electron chi connectivity index (χ4n) is 2.04. The summed E-state index contributed by atoms with van der Waals surface area (Å²) in [7, 11) is 0. The highest BCUT2D eigenvalue weighted by Crippen LogP contribution is 2.21. The highest BCUT2D eigenvalue weighted by atomic mass is 79.9. The second-order valence-electron chi connectivity index (χ2n) is 4.67. The lowest BCUT2D eigenvalue weighted by atomic mass is 10.1. The van der Waals surface area contributed by atoms with E-state index in [0.29, 0.717) is 17.8 Å². The van der Waals surface area contributed by atoms with E-state index in [0.717, 1.165) is 10.0 Å². The molecule has 110 valence electrons. The van der Waals surface area contributed by atoms with E-state index in [9.17, 15) is 9.90 Å². The number of benzene rings is 2. The van der Waals surface area contributed by atoms with Crippen LogP contribution in [-0.4, -0.2) is 29.1 Å². The minimum Gasteiger partial charge on any atom is -0.398 e. The molecule has 3 N–H and O–H groups in total. The lowest BCUT2D eigenvalue weighted by molar-refractivity contribution is 0.0708. The molecular weight excluding hydrogens is 332 g/mol. The van der Waals surface area contributed by atoms with E-state index in [1.54, 1.807) is 23.1 Å². The molecule has 0 saturated heterocycles. The molecule has 0 heterocycles. The van der Waals surface area contributed by atoms with Gasteiger partial charge in [-0.3, -0.25) is 4.79 Å². The molecule has 4 nitrogen and oxygen atoms in total. The van der Waals surface area contributed by atoms with E-state index in [-0.39, 0.29) is 19.1 Å². The Kier molecular flexibility index (Phi) is 5.36. The maximum absolute atomic E-state index is 12.5. The fraction of sp³-hybridized carbons (Fsp3) is 0.188. The van der Waals surface area contributed by atoms with Crippen molar-refractivity contribution in [2.45, 2.75) is 6.54 Å². The highest BCUT2D eigenvalue weighted by molar-refractivity contribution is 9.10. The number of halogens is 1. The molecule has 5 heteroatoms. The Labute approximate surface area is 132 Å². The van der Waals surface area contributed by atoms with Crippen LogP contribution in [0, 0.1) is 0 Å². The van der Waals surface area contributed by atoms with Crippen molar-refractivity contribution in [2.75, 3.05) is 18.9 Å². The summed E-state index contributed by atoms with van der Waals surface area (Å²) < 4.78 is 0.760. The summed E-state index contributed by atoms with van der Waals surface area (Å²) in [5.74, 6) is -0.146. The van der Waals surface area contributed by atoms with Gasteiger partial charge in [-0.1, -0.05) is 30.3 Å². The van der Waals surface area contributed by atoms with Crippen LogP contribution in [0.15, 0.2) is 53.0 Å². The summed E-state index contributed by atoms with van der Waals surface area (Å²) in [5, 5.41) is 9.18. The maximum atomic E-state index is 12.5. The van der Waals surface area contributed by atoms with E-state index in [2.05, 4.69) is 15.9 Å². The molecule has 0 fully saturated rings. The molecule has 0 aliphatic carbocycles. The second-order valence-corrected chi connectivity index (χ2v) is 5.53. The van der Waals surface area contributed by atoms with Gasteiger partial charge in [0, 0.05) is 28.8 Å². The molecule has 1 amide bonds. The number of aliphatic hydroxyl groups excluding tert-OH is 1. The van der Waals surface area contributed by atoms with Crippen molar-refractivity contribution in [3.63, 3.8) is 0 Å². The Morgan fingerprint density at radius 3 is 2.52 bits per heavy atom. The van der Waals surface area contributed by atoms with Gasteiger partial charge in [0.1, 0.15) is 0 Å². The maximum Gasteiger partial charge on any atom is 0.254 e. The zero-order valence-corrected chi connectivity index (χ0v) is 13.1. The second kappa shape index (κ2) is 7.24. The third-order valence-corrected chi connectivity index (χ3v) is 3.84. The van der Waals surface area contributed by atoms with Crippen LogP contribution in [-0.2, 0) is 6.54 Å². The first kappa shape index (κ1) is 15.5. The number of carbonyl (C=O) groups excluding carboxylic acids is 1. The number of hydrogen-bond acceptors (Lipinski definition) is 3. The van der Waals surface area contributed by atoms with E-state index in [1.807, 2.05) is 30.3 Å². The molecule has 0 radical (unpaired) electrons. The van der Waals surface area contributed by atoms with Gasteiger partial charge in [-0.05, 0) is 39.7 Å². The van der Waals surface area contributed by atoms with Crippen LogP contribution in [0.4, 0.5) is 5.69 Å². The van der Waals surface area contributed by atoms with Crippen molar-refractivity contribution < 1.29 is 9.90 Å². The first-order valence-corrected chi connectivity index (χ1v) is 7.40. The molecule has 0 unspecified atom stereocenters. The fourth-order valence-corrected chi connectivity index (χ4v) is 2.28. The molecule has 2 aromatic carbocycles. The first-order chi connectivity index (χ1) is 10.1. The lowest BCUT2D eigenvalue weighted by Gasteiger charge is -2.22. The topological polar surface area (TPSA) is 66.6 Å². The molecule has 2 aromatic rings. The summed E-state index contributed by atoms with van der Waals surface area (Å²) >= 11 is 3.31. The SMILES string of the molecule is Nc1cc(C(=O)N(CCO)Cc2ccccc2)ccc1Br. The standard InChI is InChI=1S/C16H17BrN2O2/c17-14-7-6-13(10-15(14)18)16(21)19(8-9-20)11-12-4-2-1-3-5-12/h1-7,10,20H,8-9,11,18H2. The number of carbonyl (C=O) groups is 1. The Hall–Kier alpha value is -1.85. The van der Waals surface area contributed by atoms with Gasteiger partial charge in [-0.2, -0.15) is 0 Å². The summed E-state index contributed by atoms with van der Waals surface area (Å²) in [5.41, 5.74) is 7.87. The van der Waals surface area contributed by atoms with Crippen LogP contribution < -0.4 is 5.73 Å². The number of amides is 1. The van der Waals surface area contributed by atoms with Gasteiger partial charge in [-0.25, -0.2) is 0 Å². The van der Waals surface area contributed by atoms with Crippen LogP contribution in [0.2, 0.25) is 0 Å². The highest BCUT2D eigenvalue weighted by Gasteiger charge is 2.16. The minimum absolute atomic E-state index is 0.0788.